The third kappa shape index (κ3) is 3.81. The molecule has 3 atom stereocenters. The molecule has 3 aliphatic heterocycles. The van der Waals surface area contributed by atoms with Gasteiger partial charge in [0.1, 0.15) is 5.82 Å². The molecule has 29 heavy (non-hydrogen) atoms. The molecule has 5 rings (SSSR count). The maximum atomic E-state index is 13.9. The van der Waals surface area contributed by atoms with E-state index in [0.717, 1.165) is 30.0 Å². The highest BCUT2D eigenvalue weighted by molar-refractivity contribution is 7.99. The fourth-order valence-corrected chi connectivity index (χ4v) is 6.86. The molecule has 0 amide bonds. The highest BCUT2D eigenvalue weighted by atomic mass is 32.2. The molecule has 0 saturated carbocycles. The van der Waals surface area contributed by atoms with Gasteiger partial charge in [-0.15, -0.1) is 11.3 Å². The number of hydrogen-bond acceptors (Lipinski definition) is 5. The zero-order chi connectivity index (χ0) is 20.0. The minimum Gasteiger partial charge on any atom is -0.363 e. The summed E-state index contributed by atoms with van der Waals surface area (Å²) < 4.78 is 42.9. The van der Waals surface area contributed by atoms with E-state index >= 15 is 0 Å². The monoisotopic (exact) mass is 442 g/mol. The average Bonchev–Trinajstić information content (AvgIpc) is 3.46. The van der Waals surface area contributed by atoms with E-state index in [1.807, 2.05) is 35.3 Å². The number of aromatic nitrogens is 2. The molecule has 0 aromatic carbocycles. The number of nitrogens with zero attached hydrogens (tertiary/aromatic N) is 3. The molecule has 1 N–H and O–H groups in total. The molecule has 0 spiro atoms. The van der Waals surface area contributed by atoms with Crippen LogP contribution in [-0.2, 0) is 0 Å². The molecule has 4 nitrogen and oxygen atoms in total. The Morgan fingerprint density at radius 3 is 2.72 bits per heavy atom. The molecule has 0 bridgehead atoms. The Morgan fingerprint density at radius 1 is 1.17 bits per heavy atom. The van der Waals surface area contributed by atoms with Crippen molar-refractivity contribution in [2.45, 2.75) is 62.4 Å². The predicted molar refractivity (Wildman–Crippen MR) is 112 cm³/mol. The van der Waals surface area contributed by atoms with Crippen molar-refractivity contribution >= 4 is 28.9 Å². The van der Waals surface area contributed by atoms with Crippen LogP contribution in [0.5, 0.6) is 0 Å². The van der Waals surface area contributed by atoms with Crippen LogP contribution in [0.4, 0.5) is 19.0 Å². The Morgan fingerprint density at radius 2 is 2.00 bits per heavy atom. The summed E-state index contributed by atoms with van der Waals surface area (Å²) in [4.78, 5) is 3.45. The van der Waals surface area contributed by atoms with Crippen LogP contribution in [-0.4, -0.2) is 44.9 Å². The van der Waals surface area contributed by atoms with Gasteiger partial charge in [-0.05, 0) is 55.2 Å². The first-order chi connectivity index (χ1) is 14.0. The van der Waals surface area contributed by atoms with Crippen LogP contribution in [0.15, 0.2) is 23.6 Å². The minimum absolute atomic E-state index is 0.0215. The van der Waals surface area contributed by atoms with Crippen molar-refractivity contribution in [1.82, 2.24) is 14.7 Å². The van der Waals surface area contributed by atoms with Gasteiger partial charge >= 0.3 is 6.18 Å². The van der Waals surface area contributed by atoms with Gasteiger partial charge in [-0.25, -0.2) is 4.68 Å². The zero-order valence-electron chi connectivity index (χ0n) is 16.1. The van der Waals surface area contributed by atoms with E-state index in [1.54, 1.807) is 0 Å². The molecule has 3 aliphatic rings. The first-order valence-corrected chi connectivity index (χ1v) is 12.3. The standard InChI is InChI=1S/C20H25F3N4S2/c21-20(22,23)18-11-15(17-4-2-8-29-17)24-19-12-14(25-27(18)19)16-3-1-7-26(16)13-5-9-28-10-6-13/h2,4,8,12-13,15-16,18,24H,1,3,5-7,9-11H2/t15-,16?,18+/m0/s1. The molecule has 9 heteroatoms. The summed E-state index contributed by atoms with van der Waals surface area (Å²) in [5, 5.41) is 9.77. The van der Waals surface area contributed by atoms with Crippen molar-refractivity contribution in [2.75, 3.05) is 23.4 Å². The maximum Gasteiger partial charge on any atom is 0.410 e. The number of nitrogens with one attached hydrogen (secondary N) is 1. The first-order valence-electron chi connectivity index (χ1n) is 10.3. The van der Waals surface area contributed by atoms with E-state index in [4.69, 9.17) is 0 Å². The number of fused-ring (bicyclic) bond motifs is 1. The number of rotatable bonds is 3. The molecule has 5 heterocycles. The number of anilines is 1. The molecule has 2 saturated heterocycles. The first kappa shape index (κ1) is 19.8. The van der Waals surface area contributed by atoms with Crippen LogP contribution < -0.4 is 5.32 Å². The Hall–Kier alpha value is -1.19. The number of thiophene rings is 1. The second-order valence-corrected chi connectivity index (χ2v) is 10.3. The minimum atomic E-state index is -4.31. The fourth-order valence-electron chi connectivity index (χ4n) is 4.99. The molecular weight excluding hydrogens is 417 g/mol. The molecule has 2 fully saturated rings. The SMILES string of the molecule is FC(F)(F)[C@H]1C[C@@H](c2cccs2)Nc2cc(C3CCCN3C3CCSCC3)nn21. The number of hydrogen-bond donors (Lipinski definition) is 1. The second kappa shape index (κ2) is 7.81. The van der Waals surface area contributed by atoms with Gasteiger partial charge in [0.05, 0.1) is 17.8 Å². The summed E-state index contributed by atoms with van der Waals surface area (Å²) in [6.07, 6.45) is 0.0603. The van der Waals surface area contributed by atoms with Crippen molar-refractivity contribution in [2.24, 2.45) is 0 Å². The van der Waals surface area contributed by atoms with Crippen molar-refractivity contribution in [3.63, 3.8) is 0 Å². The number of halogens is 3. The van der Waals surface area contributed by atoms with Crippen molar-refractivity contribution in [3.8, 4) is 0 Å². The van der Waals surface area contributed by atoms with Crippen molar-refractivity contribution in [3.05, 3.63) is 34.2 Å². The van der Waals surface area contributed by atoms with Gasteiger partial charge in [-0.1, -0.05) is 6.07 Å². The third-order valence-electron chi connectivity index (χ3n) is 6.39. The van der Waals surface area contributed by atoms with Gasteiger partial charge in [-0.2, -0.15) is 30.0 Å². The van der Waals surface area contributed by atoms with Gasteiger partial charge in [0, 0.05) is 23.4 Å². The molecule has 2 aromatic rings. The van der Waals surface area contributed by atoms with Crippen LogP contribution in [0.2, 0.25) is 0 Å². The van der Waals surface area contributed by atoms with E-state index in [-0.39, 0.29) is 18.5 Å². The van der Waals surface area contributed by atoms with Crippen molar-refractivity contribution in [1.29, 1.82) is 0 Å². The molecule has 2 aromatic heterocycles. The summed E-state index contributed by atoms with van der Waals surface area (Å²) in [6.45, 7) is 1.02. The van der Waals surface area contributed by atoms with E-state index in [9.17, 15) is 13.2 Å². The normalized spacial score (nSPS) is 29.0. The van der Waals surface area contributed by atoms with E-state index in [1.165, 1.54) is 40.4 Å². The highest BCUT2D eigenvalue weighted by Crippen LogP contribution is 2.46. The molecule has 0 radical (unpaired) electrons. The lowest BCUT2D eigenvalue weighted by Crippen LogP contribution is -2.38. The Balaban J connectivity index is 1.45. The molecular formula is C20H25F3N4S2. The number of alkyl halides is 3. The zero-order valence-corrected chi connectivity index (χ0v) is 17.7. The van der Waals surface area contributed by atoms with Gasteiger partial charge in [0.25, 0.3) is 0 Å². The molecule has 158 valence electrons. The van der Waals surface area contributed by atoms with Crippen LogP contribution >= 0.6 is 23.1 Å². The van der Waals surface area contributed by atoms with Crippen LogP contribution in [0.3, 0.4) is 0 Å². The van der Waals surface area contributed by atoms with Gasteiger partial charge in [0.15, 0.2) is 6.04 Å². The van der Waals surface area contributed by atoms with E-state index in [2.05, 4.69) is 15.3 Å². The summed E-state index contributed by atoms with van der Waals surface area (Å²) in [6, 6.07) is 4.43. The van der Waals surface area contributed by atoms with E-state index < -0.39 is 12.2 Å². The summed E-state index contributed by atoms with van der Waals surface area (Å²) >= 11 is 3.50. The molecule has 0 aliphatic carbocycles. The lowest BCUT2D eigenvalue weighted by Gasteiger charge is -2.34. The number of thioether (sulfide) groups is 1. The van der Waals surface area contributed by atoms with Crippen LogP contribution in [0.25, 0.3) is 0 Å². The Kier molecular flexibility index (Phi) is 5.32. The van der Waals surface area contributed by atoms with Gasteiger partial charge < -0.3 is 5.32 Å². The predicted octanol–water partition coefficient (Wildman–Crippen LogP) is 5.64. The smallest absolute Gasteiger partial charge is 0.363 e. The average molecular weight is 443 g/mol. The largest absolute Gasteiger partial charge is 0.410 e. The lowest BCUT2D eigenvalue weighted by molar-refractivity contribution is -0.173. The Bertz CT molecular complexity index is 829. The molecule has 1 unspecified atom stereocenters. The van der Waals surface area contributed by atoms with Gasteiger partial charge in [0.2, 0.25) is 0 Å². The van der Waals surface area contributed by atoms with Crippen LogP contribution in [0.1, 0.15) is 60.8 Å². The highest BCUT2D eigenvalue weighted by Gasteiger charge is 2.47. The third-order valence-corrected chi connectivity index (χ3v) is 8.43. The summed E-state index contributed by atoms with van der Waals surface area (Å²) in [7, 11) is 0. The maximum absolute atomic E-state index is 13.9. The number of likely N-dealkylation sites (tertiary alicyclic amines) is 1. The topological polar surface area (TPSA) is 33.1 Å². The lowest BCUT2D eigenvalue weighted by atomic mass is 10.0. The van der Waals surface area contributed by atoms with Crippen molar-refractivity contribution < 1.29 is 13.2 Å². The summed E-state index contributed by atoms with van der Waals surface area (Å²) in [5.41, 5.74) is 0.796. The second-order valence-electron chi connectivity index (χ2n) is 8.14. The van der Waals surface area contributed by atoms with Crippen LogP contribution in [0, 0.1) is 0 Å². The van der Waals surface area contributed by atoms with Gasteiger partial charge in [-0.3, -0.25) is 4.90 Å². The van der Waals surface area contributed by atoms with E-state index in [0.29, 0.717) is 11.9 Å². The summed E-state index contributed by atoms with van der Waals surface area (Å²) in [5.74, 6) is 2.85. The fraction of sp³-hybridized carbons (Fsp3) is 0.650. The Labute approximate surface area is 176 Å². The quantitative estimate of drug-likeness (QED) is 0.667.